The molecule has 0 saturated heterocycles. The molecule has 126 valence electrons. The maximum atomic E-state index is 12.5. The van der Waals surface area contributed by atoms with E-state index in [0.717, 1.165) is 0 Å². The molecule has 0 aliphatic rings. The number of hydrogen-bond acceptors (Lipinski definition) is 5. The second-order valence-corrected chi connectivity index (χ2v) is 7.18. The van der Waals surface area contributed by atoms with Crippen molar-refractivity contribution >= 4 is 44.9 Å². The predicted molar refractivity (Wildman–Crippen MR) is 91.6 cm³/mol. The maximum absolute atomic E-state index is 12.5. The van der Waals surface area contributed by atoms with Crippen LogP contribution in [0.1, 0.15) is 12.5 Å². The van der Waals surface area contributed by atoms with Gasteiger partial charge in [0.1, 0.15) is 4.90 Å². The molecule has 0 radical (unpaired) electrons. The van der Waals surface area contributed by atoms with Crippen molar-refractivity contribution in [1.29, 1.82) is 5.26 Å². The average molecular weight is 407 g/mol. The normalized spacial score (nSPS) is 11.0. The number of rotatable bonds is 5. The van der Waals surface area contributed by atoms with Crippen molar-refractivity contribution in [3.63, 3.8) is 0 Å². The zero-order valence-corrected chi connectivity index (χ0v) is 15.3. The Bertz CT molecular complexity index is 900. The molecule has 0 amide bonds. The smallest absolute Gasteiger partial charge is 0.342 e. The zero-order valence-electron chi connectivity index (χ0n) is 12.2. The standard InChI is InChI=1S/C15H10Cl3NO4S/c1-2-22-14-5-9(8-19)3-4-13(14)23-24(20,21)15-11(17)6-10(16)7-12(15)18/h3-7H,2H2,1H3. The predicted octanol–water partition coefficient (Wildman–Crippen LogP) is 4.68. The Balaban J connectivity index is 2.49. The summed E-state index contributed by atoms with van der Waals surface area (Å²) in [5, 5.41) is 8.78. The van der Waals surface area contributed by atoms with E-state index in [9.17, 15) is 8.42 Å². The van der Waals surface area contributed by atoms with Gasteiger partial charge in [0, 0.05) is 11.1 Å². The molecule has 0 aliphatic carbocycles. The Morgan fingerprint density at radius 3 is 2.25 bits per heavy atom. The van der Waals surface area contributed by atoms with Gasteiger partial charge in [-0.25, -0.2) is 0 Å². The first-order valence-electron chi connectivity index (χ1n) is 6.54. The van der Waals surface area contributed by atoms with Gasteiger partial charge in [0.15, 0.2) is 11.5 Å². The van der Waals surface area contributed by atoms with Gasteiger partial charge in [-0.2, -0.15) is 13.7 Å². The van der Waals surface area contributed by atoms with E-state index in [1.807, 2.05) is 6.07 Å². The van der Waals surface area contributed by atoms with E-state index >= 15 is 0 Å². The minimum atomic E-state index is -4.34. The SMILES string of the molecule is CCOc1cc(C#N)ccc1OS(=O)(=O)c1c(Cl)cc(Cl)cc1Cl. The van der Waals surface area contributed by atoms with Crippen LogP contribution >= 0.6 is 34.8 Å². The number of benzene rings is 2. The van der Waals surface area contributed by atoms with E-state index in [4.69, 9.17) is 49.0 Å². The van der Waals surface area contributed by atoms with Gasteiger partial charge in [0.05, 0.1) is 28.3 Å². The first kappa shape index (κ1) is 18.7. The van der Waals surface area contributed by atoms with Crippen LogP contribution in [-0.2, 0) is 10.1 Å². The molecule has 2 aromatic rings. The van der Waals surface area contributed by atoms with Gasteiger partial charge >= 0.3 is 10.1 Å². The molecule has 0 N–H and O–H groups in total. The van der Waals surface area contributed by atoms with Crippen LogP contribution in [0.15, 0.2) is 35.2 Å². The van der Waals surface area contributed by atoms with E-state index < -0.39 is 15.0 Å². The molecule has 0 atom stereocenters. The Labute approximate surface area is 154 Å². The molecule has 2 rings (SSSR count). The Morgan fingerprint density at radius 1 is 1.08 bits per heavy atom. The van der Waals surface area contributed by atoms with E-state index in [0.29, 0.717) is 5.56 Å². The second kappa shape index (κ2) is 7.49. The highest BCUT2D eigenvalue weighted by Crippen LogP contribution is 2.36. The van der Waals surface area contributed by atoms with Crippen molar-refractivity contribution in [1.82, 2.24) is 0 Å². The highest BCUT2D eigenvalue weighted by Gasteiger charge is 2.26. The summed E-state index contributed by atoms with van der Waals surface area (Å²) >= 11 is 17.6. The van der Waals surface area contributed by atoms with E-state index in [2.05, 4.69) is 0 Å². The third-order valence-corrected chi connectivity index (χ3v) is 5.16. The molecule has 2 aromatic carbocycles. The second-order valence-electron chi connectivity index (χ2n) is 4.44. The third-order valence-electron chi connectivity index (χ3n) is 2.79. The van der Waals surface area contributed by atoms with Gasteiger partial charge < -0.3 is 8.92 Å². The lowest BCUT2D eigenvalue weighted by atomic mass is 10.2. The summed E-state index contributed by atoms with van der Waals surface area (Å²) in [4.78, 5) is -0.401. The van der Waals surface area contributed by atoms with Crippen molar-refractivity contribution in [3.8, 4) is 17.6 Å². The lowest BCUT2D eigenvalue weighted by Crippen LogP contribution is -2.12. The van der Waals surface area contributed by atoms with Crippen molar-refractivity contribution in [3.05, 3.63) is 51.0 Å². The molecular weight excluding hydrogens is 397 g/mol. The van der Waals surface area contributed by atoms with Gasteiger partial charge in [-0.15, -0.1) is 0 Å². The Kier molecular flexibility index (Phi) is 5.83. The lowest BCUT2D eigenvalue weighted by molar-refractivity contribution is 0.327. The average Bonchev–Trinajstić information content (AvgIpc) is 2.47. The van der Waals surface area contributed by atoms with Crippen LogP contribution < -0.4 is 8.92 Å². The van der Waals surface area contributed by atoms with Gasteiger partial charge in [0.25, 0.3) is 0 Å². The van der Waals surface area contributed by atoms with Gasteiger partial charge in [-0.05, 0) is 31.2 Å². The summed E-state index contributed by atoms with van der Waals surface area (Å²) in [6.07, 6.45) is 0. The monoisotopic (exact) mass is 405 g/mol. The van der Waals surface area contributed by atoms with Crippen LogP contribution in [0.4, 0.5) is 0 Å². The van der Waals surface area contributed by atoms with E-state index in [-0.39, 0.29) is 33.2 Å². The van der Waals surface area contributed by atoms with Crippen LogP contribution in [-0.4, -0.2) is 15.0 Å². The van der Waals surface area contributed by atoms with Crippen LogP contribution in [0.5, 0.6) is 11.5 Å². The molecule has 0 bridgehead atoms. The highest BCUT2D eigenvalue weighted by molar-refractivity contribution is 7.87. The number of nitriles is 1. The summed E-state index contributed by atoms with van der Waals surface area (Å²) in [6, 6.07) is 8.51. The molecule has 0 aromatic heterocycles. The van der Waals surface area contributed by atoms with Gasteiger partial charge in [-0.3, -0.25) is 0 Å². The molecule has 24 heavy (non-hydrogen) atoms. The van der Waals surface area contributed by atoms with Gasteiger partial charge in [0.2, 0.25) is 0 Å². The number of nitrogens with zero attached hydrogens (tertiary/aromatic N) is 1. The molecule has 9 heteroatoms. The summed E-state index contributed by atoms with van der Waals surface area (Å²) in [5.74, 6) is 0.0271. The zero-order chi connectivity index (χ0) is 17.9. The molecule has 0 heterocycles. The quantitative estimate of drug-likeness (QED) is 0.674. The lowest BCUT2D eigenvalue weighted by Gasteiger charge is -2.13. The summed E-state index contributed by atoms with van der Waals surface area (Å²) in [7, 11) is -4.34. The largest absolute Gasteiger partial charge is 0.490 e. The molecule has 0 fully saturated rings. The Morgan fingerprint density at radius 2 is 1.71 bits per heavy atom. The molecular formula is C15H10Cl3NO4S. The fraction of sp³-hybridized carbons (Fsp3) is 0.133. The number of ether oxygens (including phenoxy) is 1. The number of hydrogen-bond donors (Lipinski definition) is 0. The first-order valence-corrected chi connectivity index (χ1v) is 9.08. The van der Waals surface area contributed by atoms with Gasteiger partial charge in [-0.1, -0.05) is 34.8 Å². The minimum Gasteiger partial charge on any atom is -0.490 e. The molecule has 0 spiro atoms. The fourth-order valence-corrected chi connectivity index (χ4v) is 4.28. The van der Waals surface area contributed by atoms with Crippen molar-refractivity contribution < 1.29 is 17.3 Å². The van der Waals surface area contributed by atoms with Crippen LogP contribution in [0.3, 0.4) is 0 Å². The minimum absolute atomic E-state index is 0.0852. The molecule has 0 unspecified atom stereocenters. The van der Waals surface area contributed by atoms with Crippen LogP contribution in [0.25, 0.3) is 0 Å². The summed E-state index contributed by atoms with van der Waals surface area (Å²) < 4.78 is 35.4. The number of halogens is 3. The molecule has 0 saturated carbocycles. The van der Waals surface area contributed by atoms with Crippen molar-refractivity contribution in [2.45, 2.75) is 11.8 Å². The van der Waals surface area contributed by atoms with Crippen molar-refractivity contribution in [2.24, 2.45) is 0 Å². The third kappa shape index (κ3) is 4.05. The topological polar surface area (TPSA) is 76.4 Å². The van der Waals surface area contributed by atoms with Crippen molar-refractivity contribution in [2.75, 3.05) is 6.61 Å². The summed E-state index contributed by atoms with van der Waals surface area (Å²) in [6.45, 7) is 1.97. The fourth-order valence-electron chi connectivity index (χ4n) is 1.84. The van der Waals surface area contributed by atoms with Crippen LogP contribution in [0.2, 0.25) is 15.1 Å². The summed E-state index contributed by atoms with van der Waals surface area (Å²) in [5.41, 5.74) is 0.297. The molecule has 0 aliphatic heterocycles. The molecule has 5 nitrogen and oxygen atoms in total. The highest BCUT2D eigenvalue weighted by atomic mass is 35.5. The maximum Gasteiger partial charge on any atom is 0.342 e. The Hall–Kier alpha value is -1.65. The first-order chi connectivity index (χ1) is 11.3. The van der Waals surface area contributed by atoms with Crippen LogP contribution in [0, 0.1) is 11.3 Å². The van der Waals surface area contributed by atoms with E-state index in [1.54, 1.807) is 6.92 Å². The van der Waals surface area contributed by atoms with E-state index in [1.165, 1.54) is 30.3 Å².